The minimum absolute atomic E-state index is 0.0742. The van der Waals surface area contributed by atoms with Crippen LogP contribution in [0.2, 0.25) is 0 Å². The molecule has 0 saturated carbocycles. The Bertz CT molecular complexity index is 308. The molecule has 0 spiro atoms. The largest absolute Gasteiger partial charge is 0.490 e. The van der Waals surface area contributed by atoms with Crippen LogP contribution in [0.25, 0.3) is 0 Å². The molecule has 68 valence electrons. The van der Waals surface area contributed by atoms with Crippen LogP contribution in [-0.2, 0) is 4.79 Å². The topological polar surface area (TPSA) is 102 Å². The van der Waals surface area contributed by atoms with Gasteiger partial charge in [-0.2, -0.15) is 0 Å². The first-order chi connectivity index (χ1) is 6.04. The summed E-state index contributed by atoms with van der Waals surface area (Å²) in [6.45, 7) is 0. The van der Waals surface area contributed by atoms with Crippen molar-refractivity contribution in [3.8, 4) is 0 Å². The summed E-state index contributed by atoms with van der Waals surface area (Å²) < 4.78 is 0. The lowest BCUT2D eigenvalue weighted by Gasteiger charge is -2.15. The van der Waals surface area contributed by atoms with Gasteiger partial charge in [0.25, 0.3) is 0 Å². The van der Waals surface area contributed by atoms with Crippen molar-refractivity contribution < 1.29 is 19.9 Å². The zero-order valence-corrected chi connectivity index (χ0v) is 6.64. The Morgan fingerprint density at radius 1 is 1.54 bits per heavy atom. The lowest BCUT2D eigenvalue weighted by atomic mass is 9.71. The number of carboxylic acids is 1. The highest BCUT2D eigenvalue weighted by Crippen LogP contribution is 2.15. The highest BCUT2D eigenvalue weighted by atomic mass is 16.4. The summed E-state index contributed by atoms with van der Waals surface area (Å²) in [5.74, 6) is -2.26. The van der Waals surface area contributed by atoms with Gasteiger partial charge in [-0.25, -0.2) is 0 Å². The number of hydrogen-bond acceptors (Lipinski definition) is 4. The van der Waals surface area contributed by atoms with Gasteiger partial charge >= 0.3 is 13.1 Å². The van der Waals surface area contributed by atoms with Gasteiger partial charge in [-0.05, 0) is 0 Å². The summed E-state index contributed by atoms with van der Waals surface area (Å²) >= 11 is 0. The van der Waals surface area contributed by atoms with E-state index in [1.165, 1.54) is 18.2 Å². The van der Waals surface area contributed by atoms with Gasteiger partial charge in [0.1, 0.15) is 5.92 Å². The minimum atomic E-state index is -1.79. The van der Waals surface area contributed by atoms with Gasteiger partial charge < -0.3 is 20.6 Å². The summed E-state index contributed by atoms with van der Waals surface area (Å²) in [5.41, 5.74) is -0.361. The number of aliphatic carboxylic acids is 1. The van der Waals surface area contributed by atoms with Gasteiger partial charge in [-0.3, -0.25) is 4.79 Å². The Labute approximate surface area is 74.7 Å². The van der Waals surface area contributed by atoms with E-state index in [4.69, 9.17) is 20.6 Å². The lowest BCUT2D eigenvalue weighted by molar-refractivity contribution is -0.138. The Morgan fingerprint density at radius 2 is 2.15 bits per heavy atom. The fourth-order valence-electron chi connectivity index (χ4n) is 1.07. The molecule has 1 atom stereocenters. The average Bonchev–Trinajstić information content (AvgIpc) is 2.03. The van der Waals surface area contributed by atoms with Crippen LogP contribution < -0.4 is 0 Å². The first-order valence-electron chi connectivity index (χ1n) is 3.60. The first-order valence-corrected chi connectivity index (χ1v) is 3.60. The van der Waals surface area contributed by atoms with Gasteiger partial charge in [0.2, 0.25) is 0 Å². The summed E-state index contributed by atoms with van der Waals surface area (Å²) in [5, 5.41) is 33.5. The van der Waals surface area contributed by atoms with Crippen LogP contribution in [0.3, 0.4) is 0 Å². The quantitative estimate of drug-likeness (QED) is 0.419. The van der Waals surface area contributed by atoms with Gasteiger partial charge in [0.15, 0.2) is 0 Å². The highest BCUT2D eigenvalue weighted by Gasteiger charge is 2.30. The zero-order valence-electron chi connectivity index (χ0n) is 6.64. The maximum absolute atomic E-state index is 10.6. The molecule has 0 aromatic heterocycles. The number of carbonyl (C=O) groups is 1. The van der Waals surface area contributed by atoms with Crippen LogP contribution in [0.1, 0.15) is 0 Å². The van der Waals surface area contributed by atoms with Crippen LogP contribution in [0.15, 0.2) is 23.7 Å². The van der Waals surface area contributed by atoms with Gasteiger partial charge in [-0.1, -0.05) is 18.2 Å². The highest BCUT2D eigenvalue weighted by molar-refractivity contribution is 6.60. The van der Waals surface area contributed by atoms with Gasteiger partial charge in [0, 0.05) is 11.2 Å². The van der Waals surface area contributed by atoms with E-state index in [-0.39, 0.29) is 11.2 Å². The molecule has 0 aromatic carbocycles. The van der Waals surface area contributed by atoms with E-state index in [9.17, 15) is 4.79 Å². The predicted octanol–water partition coefficient (Wildman–Crippen LogP) is -0.785. The van der Waals surface area contributed by atoms with E-state index in [0.717, 1.165) is 0 Å². The van der Waals surface area contributed by atoms with E-state index in [1.807, 2.05) is 0 Å². The molecule has 0 fully saturated rings. The molecule has 0 aliphatic heterocycles. The number of rotatable bonds is 2. The van der Waals surface area contributed by atoms with E-state index in [1.54, 1.807) is 0 Å². The fraction of sp³-hybridized carbons (Fsp3) is 0.143. The summed E-state index contributed by atoms with van der Waals surface area (Å²) in [6.07, 6.45) is 4.02. The molecule has 5 nitrogen and oxygen atoms in total. The lowest BCUT2D eigenvalue weighted by Crippen LogP contribution is -2.31. The van der Waals surface area contributed by atoms with Crippen LogP contribution in [-0.4, -0.2) is 34.0 Å². The van der Waals surface area contributed by atoms with Crippen molar-refractivity contribution in [2.75, 3.05) is 0 Å². The molecular weight excluding hydrogens is 173 g/mol. The number of nitrogens with one attached hydrogen (secondary N) is 1. The van der Waals surface area contributed by atoms with E-state index < -0.39 is 19.0 Å². The summed E-state index contributed by atoms with van der Waals surface area (Å²) in [6, 6.07) is 0. The molecule has 0 heterocycles. The van der Waals surface area contributed by atoms with Crippen molar-refractivity contribution in [3.63, 3.8) is 0 Å². The molecule has 0 aromatic rings. The maximum Gasteiger partial charge on any atom is 0.490 e. The Balaban J connectivity index is 2.93. The SMILES string of the molecule is N=C1C(B(O)O)=CC=CC1C(=O)O. The van der Waals surface area contributed by atoms with Gasteiger partial charge in [0.05, 0.1) is 0 Å². The van der Waals surface area contributed by atoms with Crippen molar-refractivity contribution in [1.82, 2.24) is 0 Å². The van der Waals surface area contributed by atoms with E-state index in [2.05, 4.69) is 0 Å². The number of allylic oxidation sites excluding steroid dienone is 3. The maximum atomic E-state index is 10.6. The summed E-state index contributed by atoms with van der Waals surface area (Å²) in [7, 11) is -1.79. The molecule has 1 rings (SSSR count). The molecule has 1 unspecified atom stereocenters. The van der Waals surface area contributed by atoms with Gasteiger partial charge in [-0.15, -0.1) is 0 Å². The van der Waals surface area contributed by atoms with Crippen molar-refractivity contribution in [1.29, 1.82) is 5.41 Å². The fourth-order valence-corrected chi connectivity index (χ4v) is 1.07. The Morgan fingerprint density at radius 3 is 2.62 bits per heavy atom. The van der Waals surface area contributed by atoms with Crippen LogP contribution >= 0.6 is 0 Å². The molecule has 0 saturated heterocycles. The normalized spacial score (nSPS) is 21.2. The van der Waals surface area contributed by atoms with Crippen molar-refractivity contribution in [3.05, 3.63) is 23.7 Å². The van der Waals surface area contributed by atoms with E-state index in [0.29, 0.717) is 0 Å². The first kappa shape index (κ1) is 9.69. The van der Waals surface area contributed by atoms with Crippen LogP contribution in [0.4, 0.5) is 0 Å². The molecule has 0 amide bonds. The third kappa shape index (κ3) is 1.85. The molecule has 13 heavy (non-hydrogen) atoms. The van der Waals surface area contributed by atoms with Crippen molar-refractivity contribution >= 4 is 18.8 Å². The molecule has 4 N–H and O–H groups in total. The molecule has 0 radical (unpaired) electrons. The molecule has 1 aliphatic carbocycles. The van der Waals surface area contributed by atoms with Crippen LogP contribution in [0, 0.1) is 11.3 Å². The predicted molar refractivity (Wildman–Crippen MR) is 46.3 cm³/mol. The summed E-state index contributed by atoms with van der Waals surface area (Å²) in [4.78, 5) is 10.6. The van der Waals surface area contributed by atoms with Crippen LogP contribution in [0.5, 0.6) is 0 Å². The minimum Gasteiger partial charge on any atom is -0.481 e. The monoisotopic (exact) mass is 181 g/mol. The smallest absolute Gasteiger partial charge is 0.481 e. The number of hydrogen-bond donors (Lipinski definition) is 4. The van der Waals surface area contributed by atoms with E-state index >= 15 is 0 Å². The third-order valence-electron chi connectivity index (χ3n) is 1.75. The zero-order chi connectivity index (χ0) is 10.0. The molecule has 1 aliphatic rings. The average molecular weight is 181 g/mol. The van der Waals surface area contributed by atoms with Crippen molar-refractivity contribution in [2.45, 2.75) is 0 Å². The molecular formula is C7H8BNO4. The third-order valence-corrected chi connectivity index (χ3v) is 1.75. The second kappa shape index (κ2) is 3.55. The van der Waals surface area contributed by atoms with Crippen molar-refractivity contribution in [2.24, 2.45) is 5.92 Å². The molecule has 0 bridgehead atoms. The molecule has 6 heteroatoms. The number of carboxylic acid groups (broad SMARTS) is 1. The standard InChI is InChI=1S/C7H8BNO4/c9-6-4(7(10)11)2-1-3-5(6)8(12)13/h1-4,9,12-13H,(H,10,11). The Hall–Kier alpha value is -1.40. The second-order valence-corrected chi connectivity index (χ2v) is 2.61. The Kier molecular flexibility index (Phi) is 2.65. The second-order valence-electron chi connectivity index (χ2n) is 2.61.